The summed E-state index contributed by atoms with van der Waals surface area (Å²) in [6.45, 7) is 5.10. The lowest BCUT2D eigenvalue weighted by Crippen LogP contribution is -2.48. The van der Waals surface area contributed by atoms with Crippen LogP contribution in [0.3, 0.4) is 0 Å². The Morgan fingerprint density at radius 1 is 1.00 bits per heavy atom. The second-order valence-electron chi connectivity index (χ2n) is 7.15. The van der Waals surface area contributed by atoms with Crippen molar-refractivity contribution in [2.45, 2.75) is 13.5 Å². The number of hydrogen-bond acceptors (Lipinski definition) is 3. The summed E-state index contributed by atoms with van der Waals surface area (Å²) in [7, 11) is 0. The Labute approximate surface area is 163 Å². The molecule has 2 aromatic carbocycles. The molecule has 28 heavy (non-hydrogen) atoms. The molecule has 0 unspecified atom stereocenters. The lowest BCUT2D eigenvalue weighted by molar-refractivity contribution is 0.0630. The van der Waals surface area contributed by atoms with Crippen molar-refractivity contribution in [3.8, 4) is 0 Å². The molecule has 144 valence electrons. The zero-order chi connectivity index (χ0) is 19.7. The highest BCUT2D eigenvalue weighted by Gasteiger charge is 2.25. The maximum atomic E-state index is 13.6. The highest BCUT2D eigenvalue weighted by Crippen LogP contribution is 2.24. The van der Waals surface area contributed by atoms with E-state index in [4.69, 9.17) is 0 Å². The van der Waals surface area contributed by atoms with Gasteiger partial charge in [0.2, 0.25) is 5.91 Å². The number of benzene rings is 2. The van der Waals surface area contributed by atoms with Crippen LogP contribution in [0.2, 0.25) is 0 Å². The van der Waals surface area contributed by atoms with Gasteiger partial charge in [-0.15, -0.1) is 0 Å². The summed E-state index contributed by atoms with van der Waals surface area (Å²) in [4.78, 5) is 29.1. The molecule has 3 aromatic rings. The van der Waals surface area contributed by atoms with E-state index in [0.717, 1.165) is 19.6 Å². The van der Waals surface area contributed by atoms with Gasteiger partial charge in [-0.05, 0) is 23.8 Å². The fourth-order valence-electron chi connectivity index (χ4n) is 3.75. The molecule has 5 nitrogen and oxygen atoms in total. The fraction of sp³-hybridized carbons (Fsp3) is 0.273. The normalized spacial score (nSPS) is 15.1. The van der Waals surface area contributed by atoms with Crippen molar-refractivity contribution in [3.05, 3.63) is 71.7 Å². The highest BCUT2D eigenvalue weighted by atomic mass is 19.1. The van der Waals surface area contributed by atoms with Crippen LogP contribution in [0.25, 0.3) is 10.9 Å². The fourth-order valence-corrected chi connectivity index (χ4v) is 3.75. The number of carbonyl (C=O) groups is 2. The maximum Gasteiger partial charge on any atom is 0.256 e. The number of hydrogen-bond donors (Lipinski definition) is 0. The summed E-state index contributed by atoms with van der Waals surface area (Å²) >= 11 is 0. The molecule has 1 aromatic heterocycles. The third-order valence-electron chi connectivity index (χ3n) is 5.25. The first-order valence-corrected chi connectivity index (χ1v) is 9.40. The van der Waals surface area contributed by atoms with E-state index in [-0.39, 0.29) is 11.8 Å². The molecule has 6 heteroatoms. The van der Waals surface area contributed by atoms with E-state index in [1.807, 2.05) is 23.1 Å². The van der Waals surface area contributed by atoms with E-state index in [2.05, 4.69) is 17.0 Å². The lowest BCUT2D eigenvalue weighted by Gasteiger charge is -2.34. The minimum atomic E-state index is -0.429. The average Bonchev–Trinajstić information content (AvgIpc) is 3.08. The minimum absolute atomic E-state index is 0.115. The predicted molar refractivity (Wildman–Crippen MR) is 106 cm³/mol. The minimum Gasteiger partial charge on any atom is -0.336 e. The molecule has 1 aliphatic rings. The monoisotopic (exact) mass is 379 g/mol. The van der Waals surface area contributed by atoms with Gasteiger partial charge in [-0.2, -0.15) is 0 Å². The molecule has 2 heterocycles. The molecule has 1 amide bonds. The van der Waals surface area contributed by atoms with Crippen LogP contribution >= 0.6 is 0 Å². The van der Waals surface area contributed by atoms with Crippen molar-refractivity contribution in [2.75, 3.05) is 26.2 Å². The summed E-state index contributed by atoms with van der Waals surface area (Å²) in [5, 5.41) is 0.605. The quantitative estimate of drug-likeness (QED) is 0.701. The van der Waals surface area contributed by atoms with Gasteiger partial charge in [0.25, 0.3) is 5.91 Å². The molecular weight excluding hydrogens is 357 g/mol. The molecular formula is C22H22FN3O2. The SMILES string of the molecule is CC(=O)n1cc(C(=O)N2CCN(Cc3ccccc3)CC2)c2ccc(F)cc21. The van der Waals surface area contributed by atoms with Crippen LogP contribution in [0.1, 0.15) is 27.6 Å². The van der Waals surface area contributed by atoms with E-state index in [0.29, 0.717) is 29.6 Å². The van der Waals surface area contributed by atoms with Gasteiger partial charge in [0.05, 0.1) is 11.1 Å². The van der Waals surface area contributed by atoms with Gasteiger partial charge in [0.15, 0.2) is 0 Å². The van der Waals surface area contributed by atoms with Crippen molar-refractivity contribution in [1.82, 2.24) is 14.4 Å². The first-order chi connectivity index (χ1) is 13.5. The first-order valence-electron chi connectivity index (χ1n) is 9.40. The smallest absolute Gasteiger partial charge is 0.256 e. The number of carbonyl (C=O) groups excluding carboxylic acids is 2. The van der Waals surface area contributed by atoms with Gasteiger partial charge in [-0.3, -0.25) is 19.1 Å². The van der Waals surface area contributed by atoms with E-state index in [1.54, 1.807) is 6.07 Å². The molecule has 1 aliphatic heterocycles. The second-order valence-corrected chi connectivity index (χ2v) is 7.15. The van der Waals surface area contributed by atoms with E-state index < -0.39 is 5.82 Å². The predicted octanol–water partition coefficient (Wildman–Crippen LogP) is 3.40. The number of rotatable bonds is 3. The average molecular weight is 379 g/mol. The van der Waals surface area contributed by atoms with Crippen LogP contribution < -0.4 is 0 Å². The Kier molecular flexibility index (Phi) is 4.96. The molecule has 0 N–H and O–H groups in total. The first kappa shape index (κ1) is 18.4. The zero-order valence-electron chi connectivity index (χ0n) is 15.8. The third-order valence-corrected chi connectivity index (χ3v) is 5.25. The molecule has 4 rings (SSSR count). The Morgan fingerprint density at radius 2 is 1.71 bits per heavy atom. The Balaban J connectivity index is 1.51. The summed E-state index contributed by atoms with van der Waals surface area (Å²) in [6, 6.07) is 14.5. The lowest BCUT2D eigenvalue weighted by atomic mass is 10.1. The van der Waals surface area contributed by atoms with Crippen LogP contribution in [0.4, 0.5) is 4.39 Å². The maximum absolute atomic E-state index is 13.6. The summed E-state index contributed by atoms with van der Waals surface area (Å²) in [6.07, 6.45) is 1.53. The van der Waals surface area contributed by atoms with Gasteiger partial charge >= 0.3 is 0 Å². The number of amides is 1. The third kappa shape index (κ3) is 3.55. The highest BCUT2D eigenvalue weighted by molar-refractivity contribution is 6.09. The molecule has 0 bridgehead atoms. The second kappa shape index (κ2) is 7.56. The molecule has 0 aliphatic carbocycles. The van der Waals surface area contributed by atoms with Gasteiger partial charge in [-0.25, -0.2) is 4.39 Å². The van der Waals surface area contributed by atoms with Crippen molar-refractivity contribution >= 4 is 22.7 Å². The van der Waals surface area contributed by atoms with Crippen LogP contribution in [-0.4, -0.2) is 52.4 Å². The zero-order valence-corrected chi connectivity index (χ0v) is 15.8. The largest absolute Gasteiger partial charge is 0.336 e. The topological polar surface area (TPSA) is 45.6 Å². The number of piperazine rings is 1. The molecule has 0 radical (unpaired) electrons. The number of fused-ring (bicyclic) bond motifs is 1. The number of halogens is 1. The molecule has 0 spiro atoms. The number of nitrogens with zero attached hydrogens (tertiary/aromatic N) is 3. The van der Waals surface area contributed by atoms with Crippen molar-refractivity contribution in [3.63, 3.8) is 0 Å². The van der Waals surface area contributed by atoms with E-state index in [9.17, 15) is 14.0 Å². The molecule has 1 saturated heterocycles. The number of aromatic nitrogens is 1. The van der Waals surface area contributed by atoms with Crippen LogP contribution in [0, 0.1) is 5.82 Å². The molecule has 0 saturated carbocycles. The summed E-state index contributed by atoms with van der Waals surface area (Å²) in [5.74, 6) is -0.792. The van der Waals surface area contributed by atoms with Gasteiger partial charge < -0.3 is 4.90 Å². The van der Waals surface area contributed by atoms with Gasteiger partial charge in [0, 0.05) is 51.2 Å². The Morgan fingerprint density at radius 3 is 2.39 bits per heavy atom. The Hall–Kier alpha value is -2.99. The molecule has 1 fully saturated rings. The Bertz CT molecular complexity index is 1020. The van der Waals surface area contributed by atoms with Gasteiger partial charge in [-0.1, -0.05) is 30.3 Å². The summed E-state index contributed by atoms with van der Waals surface area (Å²) in [5.41, 5.74) is 2.13. The summed E-state index contributed by atoms with van der Waals surface area (Å²) < 4.78 is 15.0. The van der Waals surface area contributed by atoms with Crippen molar-refractivity contribution in [2.24, 2.45) is 0 Å². The van der Waals surface area contributed by atoms with Crippen LogP contribution in [-0.2, 0) is 6.54 Å². The van der Waals surface area contributed by atoms with E-state index in [1.165, 1.54) is 35.4 Å². The molecule has 0 atom stereocenters. The standard InChI is InChI=1S/C22H22FN3O2/c1-16(27)26-15-20(19-8-7-18(23)13-21(19)26)22(28)25-11-9-24(10-12-25)14-17-5-3-2-4-6-17/h2-8,13,15H,9-12,14H2,1H3. The van der Waals surface area contributed by atoms with E-state index >= 15 is 0 Å². The van der Waals surface area contributed by atoms with Crippen molar-refractivity contribution < 1.29 is 14.0 Å². The van der Waals surface area contributed by atoms with Crippen LogP contribution in [0.5, 0.6) is 0 Å². The van der Waals surface area contributed by atoms with Gasteiger partial charge in [0.1, 0.15) is 5.82 Å². The van der Waals surface area contributed by atoms with Crippen molar-refractivity contribution in [1.29, 1.82) is 0 Å². The van der Waals surface area contributed by atoms with Crippen LogP contribution in [0.15, 0.2) is 54.7 Å².